The molecule has 4 bridgehead atoms. The number of aromatic nitrogens is 3. The number of nitrogens with one attached hydrogen (secondary N) is 1. The Bertz CT molecular complexity index is 1320. The van der Waals surface area contributed by atoms with Crippen molar-refractivity contribution in [2.75, 3.05) is 18.8 Å². The molecule has 2 aromatic heterocycles. The van der Waals surface area contributed by atoms with Gasteiger partial charge in [0.1, 0.15) is 0 Å². The van der Waals surface area contributed by atoms with Gasteiger partial charge in [-0.2, -0.15) is 13.5 Å². The van der Waals surface area contributed by atoms with Gasteiger partial charge in [-0.15, -0.1) is 0 Å². The first-order valence-corrected chi connectivity index (χ1v) is 15.2. The van der Waals surface area contributed by atoms with Gasteiger partial charge < -0.3 is 10.4 Å². The molecule has 0 amide bonds. The number of aromatic carboxylic acids is 1. The van der Waals surface area contributed by atoms with Crippen molar-refractivity contribution in [3.63, 3.8) is 0 Å². The van der Waals surface area contributed by atoms with Gasteiger partial charge in [-0.25, -0.2) is 9.78 Å². The van der Waals surface area contributed by atoms with E-state index in [-0.39, 0.29) is 28.8 Å². The number of carboxylic acids is 1. The molecule has 0 spiro atoms. The molecule has 38 heavy (non-hydrogen) atoms. The third-order valence-electron chi connectivity index (χ3n) is 9.30. The highest BCUT2D eigenvalue weighted by Crippen LogP contribution is 2.75. The highest BCUT2D eigenvalue weighted by atomic mass is 32.2. The van der Waals surface area contributed by atoms with Crippen LogP contribution in [0.4, 0.5) is 0 Å². The van der Waals surface area contributed by atoms with E-state index in [1.807, 2.05) is 6.92 Å². The number of carbonyl (C=O) groups is 1. The second-order valence-electron chi connectivity index (χ2n) is 13.3. The molecular weight excluding hydrogens is 504 g/mol. The fraction of sp³-hybridized carbons (Fsp3) is 0.679. The van der Waals surface area contributed by atoms with Gasteiger partial charge in [0, 0.05) is 36.1 Å². The van der Waals surface area contributed by atoms with E-state index in [4.69, 9.17) is 9.65 Å². The van der Waals surface area contributed by atoms with Crippen molar-refractivity contribution >= 4 is 16.1 Å². The van der Waals surface area contributed by atoms with Gasteiger partial charge in [-0.3, -0.25) is 9.23 Å². The van der Waals surface area contributed by atoms with E-state index in [0.29, 0.717) is 16.4 Å². The van der Waals surface area contributed by atoms with E-state index < -0.39 is 16.1 Å². The summed E-state index contributed by atoms with van der Waals surface area (Å²) in [6.45, 7) is 8.81. The Kier molecular flexibility index (Phi) is 6.76. The lowest BCUT2D eigenvalue weighted by Crippen LogP contribution is -2.60. The van der Waals surface area contributed by atoms with Crippen LogP contribution >= 0.6 is 0 Å². The molecule has 0 aromatic carbocycles. The largest absolute Gasteiger partial charge is 0.476 e. The van der Waals surface area contributed by atoms with Crippen LogP contribution in [0.5, 0.6) is 0 Å². The Morgan fingerprint density at radius 2 is 1.74 bits per heavy atom. The smallest absolute Gasteiger partial charge is 0.355 e. The maximum absolute atomic E-state index is 11.8. The van der Waals surface area contributed by atoms with Crippen molar-refractivity contribution in [2.45, 2.75) is 78.7 Å². The van der Waals surface area contributed by atoms with Gasteiger partial charge in [0.25, 0.3) is 10.1 Å². The van der Waals surface area contributed by atoms with Crippen molar-refractivity contribution in [3.05, 3.63) is 35.9 Å². The minimum Gasteiger partial charge on any atom is -0.476 e. The molecule has 2 unspecified atom stereocenters. The standard InChI is InChI=1S/C28H40N4O5S/c1-20-22(21-6-4-9-30-23(21)24(33)34)12-31-32(20)19-28-16-25(2)13-26(3,17-28)15-27(14-25,18-28)7-5-8-29-10-11-38(35,36)37/h4,6,9,12,29H,5,7-8,10-11,13-19H2,1-3H3,(H,33,34)(H,35,36,37). The van der Waals surface area contributed by atoms with Gasteiger partial charge >= 0.3 is 5.97 Å². The Morgan fingerprint density at radius 3 is 2.39 bits per heavy atom. The van der Waals surface area contributed by atoms with Crippen molar-refractivity contribution in [3.8, 4) is 11.1 Å². The topological polar surface area (TPSA) is 134 Å². The van der Waals surface area contributed by atoms with Crippen LogP contribution in [-0.4, -0.2) is 57.7 Å². The van der Waals surface area contributed by atoms with E-state index in [0.717, 1.165) is 43.6 Å². The van der Waals surface area contributed by atoms with Crippen LogP contribution in [0.1, 0.15) is 81.4 Å². The van der Waals surface area contributed by atoms with Gasteiger partial charge in [0.2, 0.25) is 0 Å². The Morgan fingerprint density at radius 1 is 1.05 bits per heavy atom. The van der Waals surface area contributed by atoms with Crippen molar-refractivity contribution in [1.82, 2.24) is 20.1 Å². The zero-order valence-electron chi connectivity index (χ0n) is 22.7. The molecule has 4 aliphatic rings. The maximum atomic E-state index is 11.8. The molecule has 0 radical (unpaired) electrons. The van der Waals surface area contributed by atoms with Crippen LogP contribution < -0.4 is 5.32 Å². The zero-order chi connectivity index (χ0) is 27.4. The monoisotopic (exact) mass is 544 g/mol. The van der Waals surface area contributed by atoms with E-state index in [1.165, 1.54) is 38.3 Å². The summed E-state index contributed by atoms with van der Waals surface area (Å²) < 4.78 is 33.0. The van der Waals surface area contributed by atoms with Crippen molar-refractivity contribution in [1.29, 1.82) is 0 Å². The van der Waals surface area contributed by atoms with Crippen molar-refractivity contribution in [2.24, 2.45) is 21.7 Å². The van der Waals surface area contributed by atoms with Crippen LogP contribution in [0, 0.1) is 28.6 Å². The number of hydrogen-bond acceptors (Lipinski definition) is 6. The molecule has 4 saturated carbocycles. The first-order chi connectivity index (χ1) is 17.7. The predicted molar refractivity (Wildman–Crippen MR) is 144 cm³/mol. The maximum Gasteiger partial charge on any atom is 0.355 e. The number of carboxylic acid groups (broad SMARTS) is 1. The van der Waals surface area contributed by atoms with Gasteiger partial charge in [0.15, 0.2) is 5.69 Å². The molecule has 2 atom stereocenters. The van der Waals surface area contributed by atoms with Crippen LogP contribution in [0.2, 0.25) is 0 Å². The van der Waals surface area contributed by atoms with Crippen LogP contribution in [0.3, 0.4) is 0 Å². The molecule has 9 nitrogen and oxygen atoms in total. The average Bonchev–Trinajstić information content (AvgIpc) is 3.12. The summed E-state index contributed by atoms with van der Waals surface area (Å²) in [7, 11) is -3.93. The normalized spacial score (nSPS) is 32.1. The minimum atomic E-state index is -3.93. The molecule has 6 rings (SSSR count). The van der Waals surface area contributed by atoms with Crippen LogP contribution in [0.25, 0.3) is 11.1 Å². The lowest BCUT2D eigenvalue weighted by Gasteiger charge is -2.70. The molecule has 3 N–H and O–H groups in total. The number of pyridine rings is 1. The fourth-order valence-electron chi connectivity index (χ4n) is 9.53. The Labute approximate surface area is 225 Å². The number of rotatable bonds is 11. The second-order valence-corrected chi connectivity index (χ2v) is 14.9. The molecule has 208 valence electrons. The quantitative estimate of drug-likeness (QED) is 0.276. The summed E-state index contributed by atoms with van der Waals surface area (Å²) in [6, 6.07) is 3.57. The molecule has 0 saturated heterocycles. The van der Waals surface area contributed by atoms with E-state index >= 15 is 0 Å². The molecule has 10 heteroatoms. The Balaban J connectivity index is 1.35. The molecule has 4 fully saturated rings. The summed E-state index contributed by atoms with van der Waals surface area (Å²) in [4.78, 5) is 15.9. The third-order valence-corrected chi connectivity index (χ3v) is 10.0. The second kappa shape index (κ2) is 9.41. The van der Waals surface area contributed by atoms with Gasteiger partial charge in [-0.1, -0.05) is 19.9 Å². The molecular formula is C28H40N4O5S. The summed E-state index contributed by atoms with van der Waals surface area (Å²) in [5, 5.41) is 17.6. The van der Waals surface area contributed by atoms with Crippen LogP contribution in [-0.2, 0) is 16.7 Å². The lowest BCUT2D eigenvalue weighted by atomic mass is 9.35. The number of hydrogen-bond donors (Lipinski definition) is 3. The molecule has 2 heterocycles. The summed E-state index contributed by atoms with van der Waals surface area (Å²) in [5.74, 6) is -1.29. The van der Waals surface area contributed by atoms with Gasteiger partial charge in [0.05, 0.1) is 11.9 Å². The summed E-state index contributed by atoms with van der Waals surface area (Å²) in [6.07, 6.45) is 12.7. The van der Waals surface area contributed by atoms with Crippen LogP contribution in [0.15, 0.2) is 24.5 Å². The summed E-state index contributed by atoms with van der Waals surface area (Å²) in [5.41, 5.74) is 3.46. The zero-order valence-corrected chi connectivity index (χ0v) is 23.5. The third kappa shape index (κ3) is 5.40. The Hall–Kier alpha value is -2.30. The fourth-order valence-corrected chi connectivity index (χ4v) is 9.93. The first-order valence-electron chi connectivity index (χ1n) is 13.6. The highest BCUT2D eigenvalue weighted by Gasteiger charge is 2.65. The molecule has 0 aliphatic heterocycles. The highest BCUT2D eigenvalue weighted by molar-refractivity contribution is 7.85. The average molecular weight is 545 g/mol. The van der Waals surface area contributed by atoms with Gasteiger partial charge in [-0.05, 0) is 92.6 Å². The van der Waals surface area contributed by atoms with E-state index in [9.17, 15) is 18.3 Å². The van der Waals surface area contributed by atoms with Crippen molar-refractivity contribution < 1.29 is 22.9 Å². The van der Waals surface area contributed by atoms with E-state index in [2.05, 4.69) is 28.8 Å². The predicted octanol–water partition coefficient (Wildman–Crippen LogP) is 4.58. The minimum absolute atomic E-state index is 0.0501. The SMILES string of the molecule is Cc1c(-c2cccnc2C(=O)O)cnn1CC12CC3(C)CC(C)(CC(CCCNCCS(=O)(=O)O)(C3)C1)C2. The molecule has 4 aliphatic carbocycles. The molecule has 2 aromatic rings. The summed E-state index contributed by atoms with van der Waals surface area (Å²) >= 11 is 0. The van der Waals surface area contributed by atoms with E-state index in [1.54, 1.807) is 18.3 Å². The lowest BCUT2D eigenvalue weighted by molar-refractivity contribution is -0.197. The first kappa shape index (κ1) is 27.3. The number of nitrogens with zero attached hydrogens (tertiary/aromatic N) is 3.